The molecule has 1 aromatic rings. The first-order valence-corrected chi connectivity index (χ1v) is 5.92. The molecule has 90 valence electrons. The van der Waals surface area contributed by atoms with Crippen molar-refractivity contribution < 1.29 is 9.26 Å². The fourth-order valence-electron chi connectivity index (χ4n) is 1.99. The number of aryl methyl sites for hydroxylation is 1. The van der Waals surface area contributed by atoms with Gasteiger partial charge in [0, 0.05) is 32.6 Å². The lowest BCUT2D eigenvalue weighted by molar-refractivity contribution is 0.194. The van der Waals surface area contributed by atoms with E-state index in [1.807, 2.05) is 0 Å². The minimum Gasteiger partial charge on any atom is -0.385 e. The minimum absolute atomic E-state index is 0.521. The molecule has 0 saturated carbocycles. The molecule has 16 heavy (non-hydrogen) atoms. The van der Waals surface area contributed by atoms with Crippen LogP contribution >= 0.6 is 0 Å². The maximum absolute atomic E-state index is 5.22. The Kier molecular flexibility index (Phi) is 4.30. The quantitative estimate of drug-likeness (QED) is 0.730. The van der Waals surface area contributed by atoms with Gasteiger partial charge in [-0.15, -0.1) is 0 Å². The van der Waals surface area contributed by atoms with Crippen LogP contribution in [-0.4, -0.2) is 36.4 Å². The van der Waals surface area contributed by atoms with Crippen LogP contribution in [0.15, 0.2) is 4.52 Å². The van der Waals surface area contributed by atoms with Crippen LogP contribution in [0.2, 0.25) is 0 Å². The molecule has 0 aliphatic carbocycles. The highest BCUT2D eigenvalue weighted by Crippen LogP contribution is 2.11. The van der Waals surface area contributed by atoms with Gasteiger partial charge in [0.2, 0.25) is 5.89 Å². The van der Waals surface area contributed by atoms with E-state index in [-0.39, 0.29) is 0 Å². The zero-order valence-electron chi connectivity index (χ0n) is 9.74. The first-order chi connectivity index (χ1) is 7.88. The normalized spacial score (nSPS) is 20.4. The third-order valence-electron chi connectivity index (χ3n) is 2.84. The summed E-state index contributed by atoms with van der Waals surface area (Å²) in [6.07, 6.45) is 5.09. The van der Waals surface area contributed by atoms with Gasteiger partial charge in [0.25, 0.3) is 0 Å². The van der Waals surface area contributed by atoms with Gasteiger partial charge in [-0.05, 0) is 25.8 Å². The van der Waals surface area contributed by atoms with Gasteiger partial charge in [-0.25, -0.2) is 0 Å². The molecule has 5 nitrogen and oxygen atoms in total. The number of nitrogens with one attached hydrogen (secondary N) is 1. The monoisotopic (exact) mass is 225 g/mol. The molecule has 2 heterocycles. The van der Waals surface area contributed by atoms with Gasteiger partial charge in [0.1, 0.15) is 0 Å². The highest BCUT2D eigenvalue weighted by Gasteiger charge is 2.17. The lowest BCUT2D eigenvalue weighted by Gasteiger charge is -2.04. The Bertz CT molecular complexity index is 308. The van der Waals surface area contributed by atoms with Crippen LogP contribution in [0.25, 0.3) is 0 Å². The van der Waals surface area contributed by atoms with Gasteiger partial charge >= 0.3 is 0 Å². The number of rotatable bonds is 6. The van der Waals surface area contributed by atoms with Gasteiger partial charge in [0.05, 0.1) is 0 Å². The number of hydrogen-bond donors (Lipinski definition) is 1. The van der Waals surface area contributed by atoms with Gasteiger partial charge in [-0.1, -0.05) is 5.16 Å². The molecule has 2 rings (SSSR count). The Morgan fingerprint density at radius 1 is 1.56 bits per heavy atom. The number of ether oxygens (including phenoxy) is 1. The summed E-state index contributed by atoms with van der Waals surface area (Å²) in [5, 5.41) is 7.38. The standard InChI is InChI=1S/C11H19N3O2/c1-15-7-3-5-10-13-11(16-14-10)8-9-4-2-6-12-9/h9,12H,2-8H2,1H3. The molecule has 5 heteroatoms. The van der Waals surface area contributed by atoms with Crippen LogP contribution in [0.4, 0.5) is 0 Å². The predicted molar refractivity (Wildman–Crippen MR) is 59.2 cm³/mol. The van der Waals surface area contributed by atoms with Crippen molar-refractivity contribution in [3.63, 3.8) is 0 Å². The molecule has 1 saturated heterocycles. The molecule has 1 N–H and O–H groups in total. The Balaban J connectivity index is 1.77. The summed E-state index contributed by atoms with van der Waals surface area (Å²) >= 11 is 0. The average molecular weight is 225 g/mol. The third-order valence-corrected chi connectivity index (χ3v) is 2.84. The molecule has 1 aliphatic rings. The Hall–Kier alpha value is -0.940. The van der Waals surface area contributed by atoms with Crippen molar-refractivity contribution in [3.05, 3.63) is 11.7 Å². The van der Waals surface area contributed by atoms with Crippen molar-refractivity contribution >= 4 is 0 Å². The summed E-state index contributed by atoms with van der Waals surface area (Å²) in [6, 6.07) is 0.521. The molecular weight excluding hydrogens is 206 g/mol. The second-order valence-corrected chi connectivity index (χ2v) is 4.20. The minimum atomic E-state index is 0.521. The van der Waals surface area contributed by atoms with Gasteiger partial charge in [-0.3, -0.25) is 0 Å². The van der Waals surface area contributed by atoms with E-state index in [1.165, 1.54) is 12.8 Å². The van der Waals surface area contributed by atoms with Gasteiger partial charge in [-0.2, -0.15) is 4.98 Å². The molecule has 0 bridgehead atoms. The molecule has 1 aliphatic heterocycles. The number of methoxy groups -OCH3 is 1. The first-order valence-electron chi connectivity index (χ1n) is 5.92. The first kappa shape index (κ1) is 11.5. The lowest BCUT2D eigenvalue weighted by atomic mass is 10.1. The zero-order valence-corrected chi connectivity index (χ0v) is 9.74. The van der Waals surface area contributed by atoms with Crippen molar-refractivity contribution in [3.8, 4) is 0 Å². The maximum Gasteiger partial charge on any atom is 0.228 e. The van der Waals surface area contributed by atoms with E-state index in [0.717, 1.165) is 44.1 Å². The fourth-order valence-corrected chi connectivity index (χ4v) is 1.99. The van der Waals surface area contributed by atoms with Crippen LogP contribution in [-0.2, 0) is 17.6 Å². The molecule has 0 radical (unpaired) electrons. The highest BCUT2D eigenvalue weighted by atomic mass is 16.5. The van der Waals surface area contributed by atoms with Gasteiger partial charge in [0.15, 0.2) is 5.82 Å². The van der Waals surface area contributed by atoms with E-state index in [9.17, 15) is 0 Å². The van der Waals surface area contributed by atoms with Crippen LogP contribution in [0.1, 0.15) is 31.0 Å². The fraction of sp³-hybridized carbons (Fsp3) is 0.818. The van der Waals surface area contributed by atoms with Crippen molar-refractivity contribution in [1.82, 2.24) is 15.5 Å². The average Bonchev–Trinajstić information content (AvgIpc) is 2.91. The summed E-state index contributed by atoms with van der Waals surface area (Å²) in [6.45, 7) is 1.85. The van der Waals surface area contributed by atoms with Crippen LogP contribution in [0, 0.1) is 0 Å². The Morgan fingerprint density at radius 2 is 2.50 bits per heavy atom. The van der Waals surface area contributed by atoms with Crippen molar-refractivity contribution in [2.45, 2.75) is 38.1 Å². The van der Waals surface area contributed by atoms with E-state index in [0.29, 0.717) is 6.04 Å². The summed E-state index contributed by atoms with van der Waals surface area (Å²) in [7, 11) is 1.70. The largest absolute Gasteiger partial charge is 0.385 e. The number of hydrogen-bond acceptors (Lipinski definition) is 5. The molecule has 0 aromatic carbocycles. The number of aromatic nitrogens is 2. The van der Waals surface area contributed by atoms with Crippen LogP contribution in [0.3, 0.4) is 0 Å². The molecule has 0 spiro atoms. The Morgan fingerprint density at radius 3 is 3.25 bits per heavy atom. The van der Waals surface area contributed by atoms with E-state index in [4.69, 9.17) is 9.26 Å². The third kappa shape index (κ3) is 3.28. The van der Waals surface area contributed by atoms with Crippen molar-refractivity contribution in [2.75, 3.05) is 20.3 Å². The topological polar surface area (TPSA) is 60.2 Å². The zero-order chi connectivity index (χ0) is 11.2. The molecular formula is C11H19N3O2. The van der Waals surface area contributed by atoms with Crippen molar-refractivity contribution in [2.24, 2.45) is 0 Å². The summed E-state index contributed by atoms with van der Waals surface area (Å²) in [4.78, 5) is 4.37. The number of nitrogens with zero attached hydrogens (tertiary/aromatic N) is 2. The molecule has 1 unspecified atom stereocenters. The van der Waals surface area contributed by atoms with E-state index < -0.39 is 0 Å². The Labute approximate surface area is 95.6 Å². The second-order valence-electron chi connectivity index (χ2n) is 4.20. The highest BCUT2D eigenvalue weighted by molar-refractivity contribution is 4.91. The lowest BCUT2D eigenvalue weighted by Crippen LogP contribution is -2.23. The molecule has 1 atom stereocenters. The predicted octanol–water partition coefficient (Wildman–Crippen LogP) is 0.943. The smallest absolute Gasteiger partial charge is 0.228 e. The summed E-state index contributed by atoms with van der Waals surface area (Å²) < 4.78 is 10.2. The molecule has 1 aromatic heterocycles. The summed E-state index contributed by atoms with van der Waals surface area (Å²) in [5.41, 5.74) is 0. The van der Waals surface area contributed by atoms with E-state index >= 15 is 0 Å². The van der Waals surface area contributed by atoms with E-state index in [1.54, 1.807) is 7.11 Å². The maximum atomic E-state index is 5.22. The molecule has 1 fully saturated rings. The van der Waals surface area contributed by atoms with Crippen LogP contribution in [0.5, 0.6) is 0 Å². The summed E-state index contributed by atoms with van der Waals surface area (Å²) in [5.74, 6) is 1.55. The molecule has 0 amide bonds. The van der Waals surface area contributed by atoms with Gasteiger partial charge < -0.3 is 14.6 Å². The van der Waals surface area contributed by atoms with E-state index in [2.05, 4.69) is 15.5 Å². The van der Waals surface area contributed by atoms with Crippen LogP contribution < -0.4 is 5.32 Å². The van der Waals surface area contributed by atoms with Crippen molar-refractivity contribution in [1.29, 1.82) is 0 Å². The second kappa shape index (κ2) is 5.96. The SMILES string of the molecule is COCCCc1noc(CC2CCCN2)n1.